The van der Waals surface area contributed by atoms with Gasteiger partial charge in [0, 0.05) is 13.0 Å². The van der Waals surface area contributed by atoms with Crippen LogP contribution in [0.3, 0.4) is 0 Å². The number of aromatic nitrogens is 1. The van der Waals surface area contributed by atoms with E-state index in [2.05, 4.69) is 21.5 Å². The first-order valence-electron chi connectivity index (χ1n) is 4.55. The first kappa shape index (κ1) is 13.6. The third-order valence-corrected chi connectivity index (χ3v) is 4.53. The Morgan fingerprint density at radius 3 is 2.94 bits per heavy atom. The number of carboxylic acids is 1. The summed E-state index contributed by atoms with van der Waals surface area (Å²) in [6.45, 7) is 1.79. The molecule has 0 radical (unpaired) electrons. The van der Waals surface area contributed by atoms with Crippen molar-refractivity contribution in [1.29, 1.82) is 0 Å². The minimum atomic E-state index is -3.82. The quantitative estimate of drug-likeness (QED) is 0.603. The molecule has 0 aliphatic carbocycles. The van der Waals surface area contributed by atoms with E-state index in [1.807, 2.05) is 0 Å². The van der Waals surface area contributed by atoms with E-state index >= 15 is 0 Å². The van der Waals surface area contributed by atoms with Crippen molar-refractivity contribution < 1.29 is 18.3 Å². The molecule has 0 aliphatic rings. The van der Waals surface area contributed by atoms with E-state index in [1.165, 1.54) is 5.51 Å². The minimum Gasteiger partial charge on any atom is -0.476 e. The molecular formula is C9H10N2O4S2. The number of rotatable bonds is 5. The van der Waals surface area contributed by atoms with Gasteiger partial charge in [-0.3, -0.25) is 0 Å². The molecule has 6 nitrogen and oxygen atoms in total. The summed E-state index contributed by atoms with van der Waals surface area (Å²) in [6, 6.07) is 0. The Morgan fingerprint density at radius 1 is 1.65 bits per heavy atom. The van der Waals surface area contributed by atoms with Gasteiger partial charge in [0.25, 0.3) is 10.0 Å². The Bertz CT molecular complexity index is 565. The van der Waals surface area contributed by atoms with Crippen LogP contribution in [-0.4, -0.2) is 31.0 Å². The third-order valence-electron chi connectivity index (χ3n) is 1.70. The van der Waals surface area contributed by atoms with Crippen LogP contribution in [0.25, 0.3) is 0 Å². The predicted molar refractivity (Wildman–Crippen MR) is 62.3 cm³/mol. The lowest BCUT2D eigenvalue weighted by atomic mass is 10.4. The standard InChI is InChI=1S/C9H10N2O4S2/c1-2-3-4-5-11-17(14,15)9-7(8(12)13)10-6-16-9/h6,11H,4-5H2,1H3,(H,12,13). The number of nitrogens with one attached hydrogen (secondary N) is 1. The number of carbonyl (C=O) groups is 1. The molecule has 0 unspecified atom stereocenters. The molecule has 1 aromatic rings. The summed E-state index contributed by atoms with van der Waals surface area (Å²) in [7, 11) is -3.82. The van der Waals surface area contributed by atoms with Gasteiger partial charge >= 0.3 is 5.97 Å². The maximum atomic E-state index is 11.7. The van der Waals surface area contributed by atoms with Gasteiger partial charge in [-0.15, -0.1) is 23.2 Å². The zero-order valence-corrected chi connectivity index (χ0v) is 10.6. The lowest BCUT2D eigenvalue weighted by Crippen LogP contribution is -2.25. The molecule has 0 saturated heterocycles. The highest BCUT2D eigenvalue weighted by Crippen LogP contribution is 2.19. The van der Waals surface area contributed by atoms with Crippen molar-refractivity contribution in [2.24, 2.45) is 0 Å². The third kappa shape index (κ3) is 3.52. The molecule has 8 heteroatoms. The highest BCUT2D eigenvalue weighted by Gasteiger charge is 2.24. The number of sulfonamides is 1. The van der Waals surface area contributed by atoms with Gasteiger partial charge in [0.05, 0.1) is 5.51 Å². The van der Waals surface area contributed by atoms with E-state index in [4.69, 9.17) is 5.11 Å². The van der Waals surface area contributed by atoms with E-state index in [0.717, 1.165) is 11.3 Å². The van der Waals surface area contributed by atoms with Crippen LogP contribution in [0.15, 0.2) is 9.72 Å². The van der Waals surface area contributed by atoms with Crippen molar-refractivity contribution in [3.8, 4) is 11.8 Å². The number of hydrogen-bond donors (Lipinski definition) is 2. The molecule has 1 rings (SSSR count). The van der Waals surface area contributed by atoms with Gasteiger partial charge in [0.1, 0.15) is 0 Å². The Hall–Kier alpha value is -1.43. The molecule has 0 spiro atoms. The van der Waals surface area contributed by atoms with Gasteiger partial charge < -0.3 is 5.11 Å². The highest BCUT2D eigenvalue weighted by atomic mass is 32.2. The van der Waals surface area contributed by atoms with Crippen molar-refractivity contribution in [3.63, 3.8) is 0 Å². The Labute approximate surface area is 103 Å². The lowest BCUT2D eigenvalue weighted by molar-refractivity contribution is 0.0687. The number of thiazole rings is 1. The second-order valence-electron chi connectivity index (χ2n) is 2.87. The van der Waals surface area contributed by atoms with Crippen LogP contribution < -0.4 is 4.72 Å². The Morgan fingerprint density at radius 2 is 2.35 bits per heavy atom. The molecule has 0 aliphatic heterocycles. The van der Waals surface area contributed by atoms with Gasteiger partial charge in [-0.25, -0.2) is 22.9 Å². The maximum Gasteiger partial charge on any atom is 0.356 e. The summed E-state index contributed by atoms with van der Waals surface area (Å²) < 4.78 is 25.4. The second-order valence-corrected chi connectivity index (χ2v) is 5.69. The van der Waals surface area contributed by atoms with Gasteiger partial charge in [-0.05, 0) is 6.92 Å². The topological polar surface area (TPSA) is 96.4 Å². The van der Waals surface area contributed by atoms with Crippen molar-refractivity contribution in [2.45, 2.75) is 17.6 Å². The predicted octanol–water partition coefficient (Wildman–Crippen LogP) is 0.533. The molecule has 0 aromatic carbocycles. The van der Waals surface area contributed by atoms with E-state index in [-0.39, 0.29) is 10.8 Å². The average Bonchev–Trinajstić information content (AvgIpc) is 2.74. The Kier molecular flexibility index (Phi) is 4.62. The monoisotopic (exact) mass is 274 g/mol. The number of aromatic carboxylic acids is 1. The smallest absolute Gasteiger partial charge is 0.356 e. The molecule has 1 heterocycles. The normalized spacial score (nSPS) is 10.6. The van der Waals surface area contributed by atoms with Crippen molar-refractivity contribution in [2.75, 3.05) is 6.54 Å². The summed E-state index contributed by atoms with van der Waals surface area (Å²) in [5, 5.41) is 8.76. The zero-order valence-electron chi connectivity index (χ0n) is 8.93. The highest BCUT2D eigenvalue weighted by molar-refractivity contribution is 7.91. The van der Waals surface area contributed by atoms with E-state index in [9.17, 15) is 13.2 Å². The molecule has 17 heavy (non-hydrogen) atoms. The lowest BCUT2D eigenvalue weighted by Gasteiger charge is -2.02. The first-order chi connectivity index (χ1) is 7.99. The molecule has 2 N–H and O–H groups in total. The fourth-order valence-corrected chi connectivity index (χ4v) is 3.22. The molecule has 1 aromatic heterocycles. The summed E-state index contributed by atoms with van der Waals surface area (Å²) in [4.78, 5) is 14.2. The van der Waals surface area contributed by atoms with Crippen molar-refractivity contribution in [3.05, 3.63) is 11.2 Å². The van der Waals surface area contributed by atoms with Crippen LogP contribution in [0.2, 0.25) is 0 Å². The van der Waals surface area contributed by atoms with Gasteiger partial charge in [0.2, 0.25) is 0 Å². The summed E-state index contributed by atoms with van der Waals surface area (Å²) in [6.07, 6.45) is 0.372. The largest absolute Gasteiger partial charge is 0.476 e. The molecule has 92 valence electrons. The first-order valence-corrected chi connectivity index (χ1v) is 6.91. The number of carboxylic acid groups (broad SMARTS) is 1. The molecule has 0 atom stereocenters. The van der Waals surface area contributed by atoms with Crippen LogP contribution in [-0.2, 0) is 10.0 Å². The van der Waals surface area contributed by atoms with Crippen LogP contribution in [0.4, 0.5) is 0 Å². The SMILES string of the molecule is CC#CCCNS(=O)(=O)c1scnc1C(=O)O. The fourth-order valence-electron chi connectivity index (χ4n) is 1.01. The van der Waals surface area contributed by atoms with Gasteiger partial charge in [0.15, 0.2) is 9.90 Å². The van der Waals surface area contributed by atoms with Crippen LogP contribution in [0, 0.1) is 11.8 Å². The van der Waals surface area contributed by atoms with Crippen LogP contribution in [0.1, 0.15) is 23.8 Å². The van der Waals surface area contributed by atoms with Crippen molar-refractivity contribution in [1.82, 2.24) is 9.71 Å². The molecule has 0 bridgehead atoms. The van der Waals surface area contributed by atoms with E-state index in [0.29, 0.717) is 6.42 Å². The van der Waals surface area contributed by atoms with E-state index < -0.39 is 21.7 Å². The Balaban J connectivity index is 2.85. The van der Waals surface area contributed by atoms with Gasteiger partial charge in [-0.2, -0.15) is 0 Å². The molecule has 0 saturated carbocycles. The van der Waals surface area contributed by atoms with Crippen molar-refractivity contribution >= 4 is 27.3 Å². The van der Waals surface area contributed by atoms with Crippen LogP contribution >= 0.6 is 11.3 Å². The average molecular weight is 274 g/mol. The fraction of sp³-hybridized carbons (Fsp3) is 0.333. The molecule has 0 fully saturated rings. The molecule has 0 amide bonds. The maximum absolute atomic E-state index is 11.7. The second kappa shape index (κ2) is 5.77. The van der Waals surface area contributed by atoms with Gasteiger partial charge in [-0.1, -0.05) is 0 Å². The number of nitrogens with zero attached hydrogens (tertiary/aromatic N) is 1. The molecular weight excluding hydrogens is 264 g/mol. The zero-order chi connectivity index (χ0) is 12.9. The summed E-state index contributed by atoms with van der Waals surface area (Å²) in [5.74, 6) is 3.97. The summed E-state index contributed by atoms with van der Waals surface area (Å²) >= 11 is 0.770. The van der Waals surface area contributed by atoms with E-state index in [1.54, 1.807) is 6.92 Å². The summed E-state index contributed by atoms with van der Waals surface area (Å²) in [5.41, 5.74) is 0.730. The minimum absolute atomic E-state index is 0.139. The number of hydrogen-bond acceptors (Lipinski definition) is 5. The van der Waals surface area contributed by atoms with Crippen LogP contribution in [0.5, 0.6) is 0 Å².